The van der Waals surface area contributed by atoms with Gasteiger partial charge in [-0.2, -0.15) is 0 Å². The van der Waals surface area contributed by atoms with Crippen LogP contribution in [0.3, 0.4) is 0 Å². The molecule has 0 aromatic heterocycles. The molecule has 0 rings (SSSR count). The summed E-state index contributed by atoms with van der Waals surface area (Å²) in [5.74, 6) is -0.277. The molecule has 0 aliphatic heterocycles. The van der Waals surface area contributed by atoms with Gasteiger partial charge in [0, 0.05) is 12.8 Å². The van der Waals surface area contributed by atoms with E-state index >= 15 is 0 Å². The van der Waals surface area contributed by atoms with Crippen molar-refractivity contribution in [2.75, 3.05) is 13.2 Å². The second-order valence-corrected chi connectivity index (χ2v) is 2.55. The van der Waals surface area contributed by atoms with Gasteiger partial charge in [0.2, 0.25) is 0 Å². The summed E-state index contributed by atoms with van der Waals surface area (Å²) in [5, 5.41) is 4.25. The second kappa shape index (κ2) is 9.26. The van der Waals surface area contributed by atoms with E-state index < -0.39 is 0 Å². The van der Waals surface area contributed by atoms with Gasteiger partial charge in [0.25, 0.3) is 0 Å². The van der Waals surface area contributed by atoms with Gasteiger partial charge in [0.15, 0.2) is 11.6 Å². The van der Waals surface area contributed by atoms with Crippen LogP contribution in [0.5, 0.6) is 0 Å². The quantitative estimate of drug-likeness (QED) is 0.236. The Balaban J connectivity index is 3.18. The average molecular weight is 214 g/mol. The smallest absolute Gasteiger partial charge is 0.157 e. The first-order chi connectivity index (χ1) is 7.20. The maximum Gasteiger partial charge on any atom is 0.157 e. The number of hydrogen-bond donors (Lipinski definition) is 0. The van der Waals surface area contributed by atoms with Crippen LogP contribution in [0.1, 0.15) is 12.8 Å². The van der Waals surface area contributed by atoms with E-state index in [1.165, 1.54) is 12.2 Å². The van der Waals surface area contributed by atoms with Crippen molar-refractivity contribution in [2.24, 2.45) is 0 Å². The first kappa shape index (κ1) is 13.7. The Labute approximate surface area is 88.2 Å². The molecule has 5 nitrogen and oxygen atoms in total. The standard InChI is InChI=1S/C10H14O5/c1-3-9(11)5-7-13-15-14-8-6-10(12)4-2/h3-4H,1-2,5-8H2. The van der Waals surface area contributed by atoms with E-state index in [-0.39, 0.29) is 37.6 Å². The zero-order valence-corrected chi connectivity index (χ0v) is 8.44. The zero-order chi connectivity index (χ0) is 11.5. The summed E-state index contributed by atoms with van der Waals surface area (Å²) >= 11 is 0. The molecule has 0 aliphatic rings. The van der Waals surface area contributed by atoms with E-state index in [1.807, 2.05) is 0 Å². The summed E-state index contributed by atoms with van der Waals surface area (Å²) in [5.41, 5.74) is 0. The third-order valence-electron chi connectivity index (χ3n) is 1.42. The van der Waals surface area contributed by atoms with Crippen LogP contribution in [0.25, 0.3) is 0 Å². The van der Waals surface area contributed by atoms with Gasteiger partial charge < -0.3 is 0 Å². The Hall–Kier alpha value is -1.30. The van der Waals surface area contributed by atoms with Gasteiger partial charge in [-0.05, 0) is 12.2 Å². The molecule has 0 amide bonds. The number of carbonyl (C=O) groups excluding carboxylic acids is 2. The van der Waals surface area contributed by atoms with Gasteiger partial charge in [-0.15, -0.1) is 0 Å². The molecule has 0 aliphatic carbocycles. The van der Waals surface area contributed by atoms with Gasteiger partial charge >= 0.3 is 0 Å². The van der Waals surface area contributed by atoms with Crippen molar-refractivity contribution in [1.29, 1.82) is 0 Å². The zero-order valence-electron chi connectivity index (χ0n) is 8.44. The van der Waals surface area contributed by atoms with Crippen LogP contribution in [0.2, 0.25) is 0 Å². The van der Waals surface area contributed by atoms with Crippen LogP contribution in [-0.2, 0) is 24.4 Å². The Morgan fingerprint density at radius 2 is 1.33 bits per heavy atom. The first-order valence-electron chi connectivity index (χ1n) is 4.42. The van der Waals surface area contributed by atoms with Gasteiger partial charge in [-0.1, -0.05) is 18.2 Å². The van der Waals surface area contributed by atoms with Crippen molar-refractivity contribution in [3.8, 4) is 0 Å². The van der Waals surface area contributed by atoms with E-state index in [0.29, 0.717) is 0 Å². The van der Waals surface area contributed by atoms with Crippen LogP contribution in [-0.4, -0.2) is 24.8 Å². The molecular weight excluding hydrogens is 200 g/mol. The lowest BCUT2D eigenvalue weighted by Gasteiger charge is -2.00. The number of rotatable bonds is 10. The number of hydrogen-bond acceptors (Lipinski definition) is 5. The van der Waals surface area contributed by atoms with Crippen LogP contribution in [0.4, 0.5) is 0 Å². The molecule has 15 heavy (non-hydrogen) atoms. The van der Waals surface area contributed by atoms with Crippen LogP contribution >= 0.6 is 0 Å². The van der Waals surface area contributed by atoms with E-state index in [0.717, 1.165) is 0 Å². The number of ketones is 2. The van der Waals surface area contributed by atoms with Gasteiger partial charge in [0.1, 0.15) is 0 Å². The highest BCUT2D eigenvalue weighted by Gasteiger charge is 1.98. The molecule has 0 bridgehead atoms. The molecule has 0 saturated heterocycles. The van der Waals surface area contributed by atoms with Gasteiger partial charge in [-0.25, -0.2) is 9.78 Å². The van der Waals surface area contributed by atoms with Crippen molar-refractivity contribution in [3.05, 3.63) is 25.3 Å². The molecule has 84 valence electrons. The van der Waals surface area contributed by atoms with E-state index in [2.05, 4.69) is 28.0 Å². The minimum absolute atomic E-state index is 0.0836. The molecule has 0 atom stereocenters. The normalized spacial score (nSPS) is 9.60. The molecule has 0 spiro atoms. The fourth-order valence-corrected chi connectivity index (χ4v) is 0.591. The van der Waals surface area contributed by atoms with Gasteiger partial charge in [-0.3, -0.25) is 9.59 Å². The lowest BCUT2D eigenvalue weighted by atomic mass is 10.3. The van der Waals surface area contributed by atoms with E-state index in [9.17, 15) is 9.59 Å². The summed E-state index contributed by atoms with van der Waals surface area (Å²) < 4.78 is 0. The topological polar surface area (TPSA) is 61.8 Å². The molecule has 0 heterocycles. The van der Waals surface area contributed by atoms with Crippen molar-refractivity contribution >= 4 is 11.6 Å². The third kappa shape index (κ3) is 9.01. The molecule has 0 radical (unpaired) electrons. The molecule has 5 heteroatoms. The fraction of sp³-hybridized carbons (Fsp3) is 0.400. The minimum Gasteiger partial charge on any atom is -0.295 e. The van der Waals surface area contributed by atoms with Crippen LogP contribution < -0.4 is 0 Å². The number of allylic oxidation sites excluding steroid dienone is 2. The summed E-state index contributed by atoms with van der Waals surface area (Å²) in [6.45, 7) is 6.75. The Morgan fingerprint density at radius 1 is 0.933 bits per heavy atom. The van der Waals surface area contributed by atoms with Crippen molar-refractivity contribution < 1.29 is 24.4 Å². The maximum absolute atomic E-state index is 10.7. The Kier molecular flexibility index (Phi) is 8.46. The summed E-state index contributed by atoms with van der Waals surface area (Å²) in [6, 6.07) is 0. The minimum atomic E-state index is -0.138. The van der Waals surface area contributed by atoms with Crippen molar-refractivity contribution in [2.45, 2.75) is 12.8 Å². The molecule has 0 aromatic carbocycles. The summed E-state index contributed by atoms with van der Waals surface area (Å²) in [4.78, 5) is 30.3. The van der Waals surface area contributed by atoms with Crippen molar-refractivity contribution in [3.63, 3.8) is 0 Å². The molecule has 0 fully saturated rings. The fourth-order valence-electron chi connectivity index (χ4n) is 0.591. The molecular formula is C10H14O5. The SMILES string of the molecule is C=CC(=O)CCOOOCCC(=O)C=C. The van der Waals surface area contributed by atoms with E-state index in [4.69, 9.17) is 0 Å². The highest BCUT2D eigenvalue weighted by Crippen LogP contribution is 1.91. The predicted octanol–water partition coefficient (Wildman–Crippen LogP) is 1.16. The lowest BCUT2D eigenvalue weighted by Crippen LogP contribution is -2.05. The van der Waals surface area contributed by atoms with E-state index in [1.54, 1.807) is 0 Å². The average Bonchev–Trinajstić information content (AvgIpc) is 2.26. The summed E-state index contributed by atoms with van der Waals surface area (Å²) in [7, 11) is 0. The Morgan fingerprint density at radius 3 is 1.67 bits per heavy atom. The third-order valence-corrected chi connectivity index (χ3v) is 1.42. The molecule has 0 unspecified atom stereocenters. The monoisotopic (exact) mass is 214 g/mol. The highest BCUT2D eigenvalue weighted by molar-refractivity contribution is 5.89. The largest absolute Gasteiger partial charge is 0.295 e. The van der Waals surface area contributed by atoms with Gasteiger partial charge in [0.05, 0.1) is 13.2 Å². The predicted molar refractivity (Wildman–Crippen MR) is 52.6 cm³/mol. The number of carbonyl (C=O) groups is 2. The second-order valence-electron chi connectivity index (χ2n) is 2.55. The first-order valence-corrected chi connectivity index (χ1v) is 4.42. The maximum atomic E-state index is 10.7. The molecule has 0 saturated carbocycles. The van der Waals surface area contributed by atoms with Crippen LogP contribution in [0.15, 0.2) is 25.3 Å². The van der Waals surface area contributed by atoms with Crippen LogP contribution in [0, 0.1) is 0 Å². The highest BCUT2D eigenvalue weighted by atomic mass is 17.5. The lowest BCUT2D eigenvalue weighted by molar-refractivity contribution is -0.511. The Bertz CT molecular complexity index is 210. The molecule has 0 N–H and O–H groups in total. The van der Waals surface area contributed by atoms with Crippen molar-refractivity contribution in [1.82, 2.24) is 0 Å². The molecule has 0 aromatic rings. The summed E-state index contributed by atoms with van der Waals surface area (Å²) in [6.07, 6.45) is 2.76.